The van der Waals surface area contributed by atoms with Gasteiger partial charge in [0.2, 0.25) is 0 Å². The largest absolute Gasteiger partial charge is 0.481 e. The molecule has 1 aliphatic rings. The SMILES string of the molecule is CC(NC(=O)NC(CCC(=O)O)C(=O)O)C1CCOC1. The first-order chi connectivity index (χ1) is 9.40. The molecule has 2 amide bonds. The second kappa shape index (κ2) is 7.68. The maximum Gasteiger partial charge on any atom is 0.326 e. The number of hydrogen-bond donors (Lipinski definition) is 4. The summed E-state index contributed by atoms with van der Waals surface area (Å²) < 4.78 is 5.21. The van der Waals surface area contributed by atoms with Gasteiger partial charge in [-0.15, -0.1) is 0 Å². The Kier molecular flexibility index (Phi) is 6.23. The van der Waals surface area contributed by atoms with Crippen molar-refractivity contribution in [3.8, 4) is 0 Å². The highest BCUT2D eigenvalue weighted by Crippen LogP contribution is 2.16. The van der Waals surface area contributed by atoms with Crippen molar-refractivity contribution in [3.05, 3.63) is 0 Å². The van der Waals surface area contributed by atoms with E-state index in [1.807, 2.05) is 6.92 Å². The quantitative estimate of drug-likeness (QED) is 0.523. The lowest BCUT2D eigenvalue weighted by Crippen LogP contribution is -2.50. The molecule has 0 saturated carbocycles. The minimum atomic E-state index is -1.25. The van der Waals surface area contributed by atoms with E-state index in [2.05, 4.69) is 10.6 Å². The molecule has 0 spiro atoms. The van der Waals surface area contributed by atoms with E-state index >= 15 is 0 Å². The molecule has 1 rings (SSSR count). The lowest BCUT2D eigenvalue weighted by atomic mass is 10.0. The summed E-state index contributed by atoms with van der Waals surface area (Å²) in [7, 11) is 0. The number of carbonyl (C=O) groups excluding carboxylic acids is 1. The lowest BCUT2D eigenvalue weighted by molar-refractivity contribution is -0.140. The fourth-order valence-electron chi connectivity index (χ4n) is 2.00. The Morgan fingerprint density at radius 3 is 2.50 bits per heavy atom. The van der Waals surface area contributed by atoms with E-state index in [-0.39, 0.29) is 24.8 Å². The average molecular weight is 288 g/mol. The van der Waals surface area contributed by atoms with E-state index in [1.54, 1.807) is 0 Å². The van der Waals surface area contributed by atoms with Crippen LogP contribution in [0.1, 0.15) is 26.2 Å². The van der Waals surface area contributed by atoms with Gasteiger partial charge in [-0.2, -0.15) is 0 Å². The average Bonchev–Trinajstić information content (AvgIpc) is 2.87. The molecule has 20 heavy (non-hydrogen) atoms. The summed E-state index contributed by atoms with van der Waals surface area (Å²) in [6.07, 6.45) is 0.380. The molecule has 0 aromatic carbocycles. The number of carboxylic acid groups (broad SMARTS) is 2. The van der Waals surface area contributed by atoms with E-state index in [0.717, 1.165) is 6.42 Å². The molecule has 8 heteroatoms. The molecule has 1 aliphatic heterocycles. The van der Waals surface area contributed by atoms with Crippen LogP contribution in [0.5, 0.6) is 0 Å². The zero-order chi connectivity index (χ0) is 15.1. The summed E-state index contributed by atoms with van der Waals surface area (Å²) in [6.45, 7) is 3.06. The number of hydrogen-bond acceptors (Lipinski definition) is 4. The van der Waals surface area contributed by atoms with Gasteiger partial charge in [0.05, 0.1) is 6.61 Å². The Balaban J connectivity index is 2.40. The number of aliphatic carboxylic acids is 2. The molecule has 0 aromatic heterocycles. The number of nitrogens with one attached hydrogen (secondary N) is 2. The first-order valence-electron chi connectivity index (χ1n) is 6.49. The van der Waals surface area contributed by atoms with Gasteiger partial charge >= 0.3 is 18.0 Å². The predicted octanol–water partition coefficient (Wildman–Crippen LogP) is 0.0286. The van der Waals surface area contributed by atoms with Crippen molar-refractivity contribution in [2.24, 2.45) is 5.92 Å². The summed E-state index contributed by atoms with van der Waals surface area (Å²) in [6, 6.07) is -1.95. The van der Waals surface area contributed by atoms with E-state index < -0.39 is 24.0 Å². The third-order valence-electron chi connectivity index (χ3n) is 3.28. The van der Waals surface area contributed by atoms with Crippen molar-refractivity contribution in [1.82, 2.24) is 10.6 Å². The van der Waals surface area contributed by atoms with Crippen LogP contribution in [-0.2, 0) is 14.3 Å². The van der Waals surface area contributed by atoms with E-state index in [9.17, 15) is 14.4 Å². The van der Waals surface area contributed by atoms with Gasteiger partial charge in [-0.25, -0.2) is 9.59 Å². The van der Waals surface area contributed by atoms with Gasteiger partial charge in [-0.3, -0.25) is 4.79 Å². The Morgan fingerprint density at radius 1 is 1.30 bits per heavy atom. The lowest BCUT2D eigenvalue weighted by Gasteiger charge is -2.21. The molecule has 3 unspecified atom stereocenters. The van der Waals surface area contributed by atoms with Crippen LogP contribution in [-0.4, -0.2) is 53.5 Å². The first kappa shape index (κ1) is 16.2. The summed E-state index contributed by atoms with van der Waals surface area (Å²) in [5.41, 5.74) is 0. The van der Waals surface area contributed by atoms with Crippen LogP contribution in [0.15, 0.2) is 0 Å². The van der Waals surface area contributed by atoms with Crippen LogP contribution in [0, 0.1) is 5.92 Å². The summed E-state index contributed by atoms with van der Waals surface area (Å²) in [5, 5.41) is 22.4. The van der Waals surface area contributed by atoms with Gasteiger partial charge in [-0.05, 0) is 19.8 Å². The first-order valence-corrected chi connectivity index (χ1v) is 6.49. The molecule has 8 nitrogen and oxygen atoms in total. The molecule has 0 aromatic rings. The van der Waals surface area contributed by atoms with E-state index in [4.69, 9.17) is 14.9 Å². The summed E-state index contributed by atoms with van der Waals surface area (Å²) in [4.78, 5) is 33.1. The number of ether oxygens (including phenoxy) is 1. The van der Waals surface area contributed by atoms with Crippen molar-refractivity contribution in [3.63, 3.8) is 0 Å². The predicted molar refractivity (Wildman–Crippen MR) is 68.3 cm³/mol. The molecule has 0 bridgehead atoms. The molecular formula is C12H20N2O6. The van der Waals surface area contributed by atoms with E-state index in [1.165, 1.54) is 0 Å². The topological polar surface area (TPSA) is 125 Å². The standard InChI is InChI=1S/C12H20N2O6/c1-7(8-4-5-20-6-8)13-12(19)14-9(11(17)18)2-3-10(15)16/h7-9H,2-6H2,1H3,(H,15,16)(H,17,18)(H2,13,14,19). The third-order valence-corrected chi connectivity index (χ3v) is 3.28. The Morgan fingerprint density at radius 2 is 2.00 bits per heavy atom. The highest BCUT2D eigenvalue weighted by molar-refractivity contribution is 5.83. The molecule has 4 N–H and O–H groups in total. The number of amides is 2. The maximum absolute atomic E-state index is 11.7. The van der Waals surface area contributed by atoms with Gasteiger partial charge in [-0.1, -0.05) is 0 Å². The van der Waals surface area contributed by atoms with Crippen molar-refractivity contribution < 1.29 is 29.3 Å². The minimum absolute atomic E-state index is 0.133. The zero-order valence-electron chi connectivity index (χ0n) is 11.3. The van der Waals surface area contributed by atoms with Crippen LogP contribution >= 0.6 is 0 Å². The molecule has 1 saturated heterocycles. The maximum atomic E-state index is 11.7. The normalized spacial score (nSPS) is 20.9. The van der Waals surface area contributed by atoms with Gasteiger partial charge in [0, 0.05) is 25.0 Å². The van der Waals surface area contributed by atoms with Gasteiger partial charge in [0.25, 0.3) is 0 Å². The van der Waals surface area contributed by atoms with Crippen molar-refractivity contribution in [1.29, 1.82) is 0 Å². The molecule has 114 valence electrons. The summed E-state index contributed by atoms with van der Waals surface area (Å²) >= 11 is 0. The molecular weight excluding hydrogens is 268 g/mol. The van der Waals surface area contributed by atoms with Crippen LogP contribution in [0.2, 0.25) is 0 Å². The van der Waals surface area contributed by atoms with Crippen LogP contribution < -0.4 is 10.6 Å². The Labute approximate surface area is 116 Å². The molecule has 1 fully saturated rings. The zero-order valence-corrected chi connectivity index (χ0v) is 11.3. The van der Waals surface area contributed by atoms with Gasteiger partial charge < -0.3 is 25.6 Å². The van der Waals surface area contributed by atoms with Crippen molar-refractivity contribution in [2.45, 2.75) is 38.3 Å². The smallest absolute Gasteiger partial charge is 0.326 e. The number of carbonyl (C=O) groups is 3. The Bertz CT molecular complexity index is 367. The number of urea groups is 1. The van der Waals surface area contributed by atoms with E-state index in [0.29, 0.717) is 13.2 Å². The molecule has 0 aliphatic carbocycles. The monoisotopic (exact) mass is 288 g/mol. The van der Waals surface area contributed by atoms with Crippen LogP contribution in [0.25, 0.3) is 0 Å². The number of rotatable bonds is 7. The molecule has 1 heterocycles. The van der Waals surface area contributed by atoms with Crippen molar-refractivity contribution in [2.75, 3.05) is 13.2 Å². The highest BCUT2D eigenvalue weighted by atomic mass is 16.5. The highest BCUT2D eigenvalue weighted by Gasteiger charge is 2.26. The van der Waals surface area contributed by atoms with Crippen LogP contribution in [0.3, 0.4) is 0 Å². The Hall–Kier alpha value is -1.83. The second-order valence-corrected chi connectivity index (χ2v) is 4.85. The number of carboxylic acids is 2. The molecule has 0 radical (unpaired) electrons. The van der Waals surface area contributed by atoms with Gasteiger partial charge in [0.1, 0.15) is 6.04 Å². The van der Waals surface area contributed by atoms with Crippen LogP contribution in [0.4, 0.5) is 4.79 Å². The minimum Gasteiger partial charge on any atom is -0.481 e. The summed E-state index contributed by atoms with van der Waals surface area (Å²) in [5.74, 6) is -2.14. The fraction of sp³-hybridized carbons (Fsp3) is 0.750. The molecule has 3 atom stereocenters. The van der Waals surface area contributed by atoms with Crippen molar-refractivity contribution >= 4 is 18.0 Å². The second-order valence-electron chi connectivity index (χ2n) is 4.85. The fourth-order valence-corrected chi connectivity index (χ4v) is 2.00. The van der Waals surface area contributed by atoms with Gasteiger partial charge in [0.15, 0.2) is 0 Å². The third kappa shape index (κ3) is 5.43.